The predicted molar refractivity (Wildman–Crippen MR) is 120 cm³/mol. The summed E-state index contributed by atoms with van der Waals surface area (Å²) in [5, 5.41) is 0. The van der Waals surface area contributed by atoms with Crippen molar-refractivity contribution in [2.75, 3.05) is 7.11 Å². The van der Waals surface area contributed by atoms with Crippen molar-refractivity contribution in [3.63, 3.8) is 0 Å². The van der Waals surface area contributed by atoms with Crippen LogP contribution in [0.25, 0.3) is 0 Å². The van der Waals surface area contributed by atoms with Crippen LogP contribution in [-0.4, -0.2) is 54.4 Å². The van der Waals surface area contributed by atoms with Crippen LogP contribution >= 0.6 is 0 Å². The van der Waals surface area contributed by atoms with E-state index in [9.17, 15) is 14.4 Å². The van der Waals surface area contributed by atoms with Crippen LogP contribution in [0.3, 0.4) is 0 Å². The molecule has 2 atom stereocenters. The molecule has 1 aliphatic rings. The quantitative estimate of drug-likeness (QED) is 0.258. The van der Waals surface area contributed by atoms with Gasteiger partial charge >= 0.3 is 17.9 Å². The average Bonchev–Trinajstić information content (AvgIpc) is 2.69. The van der Waals surface area contributed by atoms with Crippen LogP contribution in [0.4, 0.5) is 0 Å². The molecule has 0 saturated carbocycles. The molecule has 1 aliphatic heterocycles. The second kappa shape index (κ2) is 7.56. The molecule has 0 spiro atoms. The maximum Gasteiger partial charge on any atom is 0.333 e. The normalized spacial score (nSPS) is 21.9. The molecular formula is C18H36O5Si4. The number of hydrogen-bond acceptors (Lipinski definition) is 5. The summed E-state index contributed by atoms with van der Waals surface area (Å²) in [5.74, 6) is -1.95. The lowest BCUT2D eigenvalue weighted by molar-refractivity contribution is -0.153. The average molecular weight is 445 g/mol. The Balaban J connectivity index is 3.72. The molecule has 1 heterocycles. The van der Waals surface area contributed by atoms with Gasteiger partial charge in [0, 0.05) is 28.3 Å². The molecule has 0 unspecified atom stereocenters. The summed E-state index contributed by atoms with van der Waals surface area (Å²) in [6, 6.07) is 0. The fourth-order valence-corrected chi connectivity index (χ4v) is 110. The first kappa shape index (κ1) is 24.3. The van der Waals surface area contributed by atoms with Crippen LogP contribution in [0.2, 0.25) is 64.5 Å². The number of ether oxygens (including phenoxy) is 2. The van der Waals surface area contributed by atoms with Crippen LogP contribution in [0.15, 0.2) is 12.2 Å². The minimum atomic E-state index is -2.22. The predicted octanol–water partition coefficient (Wildman–Crippen LogP) is 3.87. The summed E-state index contributed by atoms with van der Waals surface area (Å²) in [5.41, 5.74) is -0.125. The van der Waals surface area contributed by atoms with E-state index in [-0.39, 0.29) is 23.5 Å². The first-order chi connectivity index (χ1) is 11.9. The number of carbonyl (C=O) groups is 3. The maximum absolute atomic E-state index is 13.1. The van der Waals surface area contributed by atoms with E-state index in [1.54, 1.807) is 0 Å². The van der Waals surface area contributed by atoms with Crippen molar-refractivity contribution in [2.24, 2.45) is 5.92 Å². The summed E-state index contributed by atoms with van der Waals surface area (Å²) >= 11 is 0. The standard InChI is InChI=1S/C18H36O5Si4/c1-13(16(19)22-2)12-14-15(18(21)23-17(14)20)27(24(3,4)5,25(6,7)8)26(9,10)11/h14-15H,1,12H2,2-11H3/t14-,15-/m1/s1. The van der Waals surface area contributed by atoms with E-state index >= 15 is 0 Å². The van der Waals surface area contributed by atoms with Gasteiger partial charge in [-0.3, -0.25) is 9.59 Å². The maximum atomic E-state index is 13.1. The van der Waals surface area contributed by atoms with Crippen LogP contribution in [0, 0.1) is 5.92 Å². The van der Waals surface area contributed by atoms with Gasteiger partial charge in [0.05, 0.1) is 25.2 Å². The number of methoxy groups -OCH3 is 1. The molecule has 1 rings (SSSR count). The van der Waals surface area contributed by atoms with Crippen molar-refractivity contribution in [3.8, 4) is 0 Å². The summed E-state index contributed by atoms with van der Waals surface area (Å²) in [6.07, 6.45) is 0.149. The zero-order chi connectivity index (χ0) is 21.6. The van der Waals surface area contributed by atoms with Crippen LogP contribution < -0.4 is 0 Å². The van der Waals surface area contributed by atoms with Gasteiger partial charge in [-0.15, -0.1) is 0 Å². The Bertz CT molecular complexity index is 616. The summed E-state index contributed by atoms with van der Waals surface area (Å²) in [4.78, 5) is 37.7. The molecule has 9 heteroatoms. The van der Waals surface area contributed by atoms with Gasteiger partial charge in [-0.25, -0.2) is 4.79 Å². The van der Waals surface area contributed by atoms with E-state index in [1.165, 1.54) is 7.11 Å². The van der Waals surface area contributed by atoms with Crippen molar-refractivity contribution >= 4 is 47.3 Å². The molecule has 0 aliphatic carbocycles. The molecular weight excluding hydrogens is 409 g/mol. The zero-order valence-corrected chi connectivity index (χ0v) is 22.6. The van der Waals surface area contributed by atoms with Gasteiger partial charge in [0.1, 0.15) is 0 Å². The number of esters is 3. The third kappa shape index (κ3) is 4.01. The minimum Gasteiger partial charge on any atom is -0.466 e. The van der Waals surface area contributed by atoms with Gasteiger partial charge in [-0.05, 0) is 6.42 Å². The summed E-state index contributed by atoms with van der Waals surface area (Å²) < 4.78 is 9.99. The van der Waals surface area contributed by atoms with Crippen LogP contribution in [0.5, 0.6) is 0 Å². The molecule has 0 N–H and O–H groups in total. The Labute approximate surface area is 167 Å². The number of carbonyl (C=O) groups excluding carboxylic acids is 3. The fraction of sp³-hybridized carbons (Fsp3) is 0.722. The second-order valence-electron chi connectivity index (χ2n) is 10.7. The lowest BCUT2D eigenvalue weighted by Crippen LogP contribution is -2.85. The molecule has 0 aromatic heterocycles. The van der Waals surface area contributed by atoms with Gasteiger partial charge < -0.3 is 9.47 Å². The van der Waals surface area contributed by atoms with Gasteiger partial charge in [0.2, 0.25) is 0 Å². The Hall–Kier alpha value is -0.782. The molecule has 1 saturated heterocycles. The van der Waals surface area contributed by atoms with Crippen molar-refractivity contribution in [2.45, 2.75) is 70.9 Å². The molecule has 0 bridgehead atoms. The van der Waals surface area contributed by atoms with Crippen molar-refractivity contribution in [3.05, 3.63) is 12.2 Å². The molecule has 0 amide bonds. The first-order valence-corrected chi connectivity index (χ1v) is 25.0. The summed E-state index contributed by atoms with van der Waals surface area (Å²) in [6.45, 7) is 22.9. The molecule has 0 aromatic carbocycles. The second-order valence-corrected chi connectivity index (χ2v) is 51.5. The molecule has 5 nitrogen and oxygen atoms in total. The number of cyclic esters (lactones) is 2. The van der Waals surface area contributed by atoms with E-state index in [0.717, 1.165) is 0 Å². The smallest absolute Gasteiger partial charge is 0.333 e. The SMILES string of the molecule is C=C(C[C@H]1C(=O)OC(=O)[C@@H]1[Si]([Si](C)(C)C)([Si](C)(C)C)[Si](C)(C)C)C(=O)OC. The van der Waals surface area contributed by atoms with Crippen LogP contribution in [-0.2, 0) is 23.9 Å². The number of hydrogen-bond donors (Lipinski definition) is 0. The van der Waals surface area contributed by atoms with Crippen LogP contribution in [0.1, 0.15) is 6.42 Å². The van der Waals surface area contributed by atoms with E-state index in [1.807, 2.05) is 0 Å². The van der Waals surface area contributed by atoms with Crippen molar-refractivity contribution in [1.29, 1.82) is 0 Å². The Morgan fingerprint density at radius 1 is 0.926 bits per heavy atom. The van der Waals surface area contributed by atoms with E-state index in [2.05, 4.69) is 65.5 Å². The van der Waals surface area contributed by atoms with Gasteiger partial charge in [0.15, 0.2) is 0 Å². The fourth-order valence-electron chi connectivity index (χ4n) is 6.49. The molecule has 0 aromatic rings. The Kier molecular flexibility index (Phi) is 6.80. The van der Waals surface area contributed by atoms with E-state index in [4.69, 9.17) is 9.47 Å². The highest BCUT2D eigenvalue weighted by Crippen LogP contribution is 2.52. The highest BCUT2D eigenvalue weighted by molar-refractivity contribution is 7.90. The monoisotopic (exact) mass is 444 g/mol. The Morgan fingerprint density at radius 2 is 1.33 bits per heavy atom. The van der Waals surface area contributed by atoms with Gasteiger partial charge in [-0.2, -0.15) is 0 Å². The van der Waals surface area contributed by atoms with E-state index < -0.39 is 47.3 Å². The highest BCUT2D eigenvalue weighted by Gasteiger charge is 2.71. The van der Waals surface area contributed by atoms with Crippen molar-refractivity contribution in [1.82, 2.24) is 0 Å². The third-order valence-electron chi connectivity index (χ3n) is 6.12. The number of rotatable bonds is 7. The molecule has 0 radical (unpaired) electrons. The lowest BCUT2D eigenvalue weighted by Gasteiger charge is -2.60. The van der Waals surface area contributed by atoms with Gasteiger partial charge in [-0.1, -0.05) is 65.5 Å². The minimum absolute atomic E-state index is 0.149. The Morgan fingerprint density at radius 3 is 1.67 bits per heavy atom. The molecule has 154 valence electrons. The largest absolute Gasteiger partial charge is 0.466 e. The topological polar surface area (TPSA) is 69.7 Å². The summed E-state index contributed by atoms with van der Waals surface area (Å²) in [7, 11) is -4.13. The van der Waals surface area contributed by atoms with Crippen molar-refractivity contribution < 1.29 is 23.9 Å². The van der Waals surface area contributed by atoms with Gasteiger partial charge in [0.25, 0.3) is 0 Å². The zero-order valence-electron chi connectivity index (χ0n) is 18.6. The lowest BCUT2D eigenvalue weighted by atomic mass is 9.98. The molecule has 27 heavy (non-hydrogen) atoms. The van der Waals surface area contributed by atoms with E-state index in [0.29, 0.717) is 0 Å². The first-order valence-electron chi connectivity index (χ1n) is 9.45. The highest BCUT2D eigenvalue weighted by atomic mass is 29.9. The third-order valence-corrected chi connectivity index (χ3v) is 79.4. The molecule has 1 fully saturated rings.